The van der Waals surface area contributed by atoms with E-state index in [1.807, 2.05) is 12.1 Å². The van der Waals surface area contributed by atoms with Gasteiger partial charge in [0.25, 0.3) is 0 Å². The molecule has 0 aromatic carbocycles. The molecule has 1 aliphatic heterocycles. The van der Waals surface area contributed by atoms with Crippen LogP contribution in [0.25, 0.3) is 0 Å². The second-order valence-corrected chi connectivity index (χ2v) is 6.32. The van der Waals surface area contributed by atoms with Crippen LogP contribution in [0.4, 0.5) is 5.82 Å². The van der Waals surface area contributed by atoms with E-state index in [2.05, 4.69) is 42.9 Å². The molecule has 1 unspecified atom stereocenters. The zero-order chi connectivity index (χ0) is 14.7. The first kappa shape index (κ1) is 15.5. The van der Waals surface area contributed by atoms with Crippen molar-refractivity contribution in [3.63, 3.8) is 0 Å². The van der Waals surface area contributed by atoms with Crippen LogP contribution in [-0.2, 0) is 6.54 Å². The predicted molar refractivity (Wildman–Crippen MR) is 85.5 cm³/mol. The Hall–Kier alpha value is -0.840. The fraction of sp³-hybridized carbons (Fsp3) is 0.667. The number of likely N-dealkylation sites (N-methyl/N-ethyl adjacent to an activating group) is 1. The minimum atomic E-state index is 0.431. The molecule has 2 rings (SSSR count). The van der Waals surface area contributed by atoms with E-state index in [4.69, 9.17) is 16.6 Å². The number of anilines is 1. The summed E-state index contributed by atoms with van der Waals surface area (Å²) in [5.41, 5.74) is 0.935. The molecule has 112 valence electrons. The largest absolute Gasteiger partial charge is 0.354 e. The Morgan fingerprint density at radius 1 is 1.40 bits per heavy atom. The number of rotatable bonds is 4. The molecule has 4 nitrogen and oxygen atoms in total. The lowest BCUT2D eigenvalue weighted by atomic mass is 10.2. The summed E-state index contributed by atoms with van der Waals surface area (Å²) < 4.78 is 0. The average Bonchev–Trinajstić information content (AvgIpc) is 2.41. The summed E-state index contributed by atoms with van der Waals surface area (Å²) in [6.07, 6.45) is 0. The Kier molecular flexibility index (Phi) is 5.24. The molecule has 1 aliphatic rings. The van der Waals surface area contributed by atoms with Crippen LogP contribution in [0.2, 0.25) is 5.02 Å². The first-order chi connectivity index (χ1) is 9.47. The van der Waals surface area contributed by atoms with E-state index in [-0.39, 0.29) is 0 Å². The van der Waals surface area contributed by atoms with Gasteiger partial charge in [0.2, 0.25) is 0 Å². The number of pyridine rings is 1. The van der Waals surface area contributed by atoms with Crippen molar-refractivity contribution in [1.29, 1.82) is 0 Å². The van der Waals surface area contributed by atoms with Gasteiger partial charge in [-0.05, 0) is 26.1 Å². The Labute approximate surface area is 127 Å². The average molecular weight is 297 g/mol. The topological polar surface area (TPSA) is 31.4 Å². The van der Waals surface area contributed by atoms with Gasteiger partial charge in [-0.2, -0.15) is 0 Å². The normalized spacial score (nSPS) is 20.7. The van der Waals surface area contributed by atoms with Gasteiger partial charge in [-0.25, -0.2) is 4.98 Å². The summed E-state index contributed by atoms with van der Waals surface area (Å²) in [7, 11) is 2.18. The molecule has 0 radical (unpaired) electrons. The van der Waals surface area contributed by atoms with Crippen molar-refractivity contribution in [2.45, 2.75) is 39.4 Å². The number of nitrogens with one attached hydrogen (secondary N) is 1. The molecule has 0 aliphatic carbocycles. The van der Waals surface area contributed by atoms with Gasteiger partial charge < -0.3 is 15.1 Å². The maximum Gasteiger partial charge on any atom is 0.129 e. The Balaban J connectivity index is 2.10. The van der Waals surface area contributed by atoms with Crippen LogP contribution >= 0.6 is 11.6 Å². The van der Waals surface area contributed by atoms with Crippen LogP contribution in [0.15, 0.2) is 12.1 Å². The van der Waals surface area contributed by atoms with Crippen LogP contribution < -0.4 is 10.2 Å². The fourth-order valence-electron chi connectivity index (χ4n) is 2.33. The Bertz CT molecular complexity index is 449. The van der Waals surface area contributed by atoms with Gasteiger partial charge in [0.1, 0.15) is 5.82 Å². The van der Waals surface area contributed by atoms with Crippen molar-refractivity contribution in [1.82, 2.24) is 15.2 Å². The summed E-state index contributed by atoms with van der Waals surface area (Å²) in [6, 6.07) is 4.97. The van der Waals surface area contributed by atoms with Crippen LogP contribution in [0.1, 0.15) is 26.5 Å². The minimum Gasteiger partial charge on any atom is -0.354 e. The standard InChI is InChI=1S/C15H25ClN4/c1-11(2)17-9-14-13(16)5-6-15(18-14)20-8-7-19(4)12(3)10-20/h5-6,11-12,17H,7-10H2,1-4H3. The van der Waals surface area contributed by atoms with Gasteiger partial charge in [-0.1, -0.05) is 25.4 Å². The number of halogens is 1. The highest BCUT2D eigenvalue weighted by Crippen LogP contribution is 2.21. The van der Waals surface area contributed by atoms with Crippen LogP contribution in [0.5, 0.6) is 0 Å². The molecular formula is C15H25ClN4. The lowest BCUT2D eigenvalue weighted by molar-refractivity contribution is 0.233. The van der Waals surface area contributed by atoms with E-state index in [1.165, 1.54) is 0 Å². The van der Waals surface area contributed by atoms with E-state index in [0.717, 1.165) is 36.2 Å². The Morgan fingerprint density at radius 2 is 2.15 bits per heavy atom. The van der Waals surface area contributed by atoms with Crippen molar-refractivity contribution >= 4 is 17.4 Å². The molecule has 1 aromatic rings. The summed E-state index contributed by atoms with van der Waals surface area (Å²) >= 11 is 6.24. The van der Waals surface area contributed by atoms with E-state index in [0.29, 0.717) is 18.6 Å². The molecule has 5 heteroatoms. The highest BCUT2D eigenvalue weighted by atomic mass is 35.5. The highest BCUT2D eigenvalue weighted by Gasteiger charge is 2.22. The first-order valence-corrected chi connectivity index (χ1v) is 7.69. The number of nitrogens with zero attached hydrogens (tertiary/aromatic N) is 3. The molecule has 0 saturated carbocycles. The van der Waals surface area contributed by atoms with Gasteiger partial charge in [-0.15, -0.1) is 0 Å². The third kappa shape index (κ3) is 3.84. The summed E-state index contributed by atoms with van der Waals surface area (Å²) in [6.45, 7) is 10.3. The molecular weight excluding hydrogens is 272 g/mol. The smallest absolute Gasteiger partial charge is 0.129 e. The zero-order valence-electron chi connectivity index (χ0n) is 12.9. The predicted octanol–water partition coefficient (Wildman–Crippen LogP) is 2.37. The highest BCUT2D eigenvalue weighted by molar-refractivity contribution is 6.31. The number of piperazine rings is 1. The van der Waals surface area contributed by atoms with Crippen molar-refractivity contribution in [3.05, 3.63) is 22.8 Å². The van der Waals surface area contributed by atoms with E-state index in [9.17, 15) is 0 Å². The molecule has 2 heterocycles. The van der Waals surface area contributed by atoms with Gasteiger partial charge in [0.05, 0.1) is 10.7 Å². The molecule has 20 heavy (non-hydrogen) atoms. The van der Waals surface area contributed by atoms with Crippen molar-refractivity contribution in [2.75, 3.05) is 31.6 Å². The van der Waals surface area contributed by atoms with Gasteiger partial charge in [0, 0.05) is 38.3 Å². The second-order valence-electron chi connectivity index (χ2n) is 5.91. The lowest BCUT2D eigenvalue weighted by Gasteiger charge is -2.38. The van der Waals surface area contributed by atoms with Crippen LogP contribution in [0, 0.1) is 0 Å². The molecule has 0 amide bonds. The number of hydrogen-bond donors (Lipinski definition) is 1. The molecule has 1 atom stereocenters. The molecule has 1 aromatic heterocycles. The van der Waals surface area contributed by atoms with Crippen molar-refractivity contribution in [2.24, 2.45) is 0 Å². The first-order valence-electron chi connectivity index (χ1n) is 7.31. The lowest BCUT2D eigenvalue weighted by Crippen LogP contribution is -2.50. The van der Waals surface area contributed by atoms with Crippen molar-refractivity contribution < 1.29 is 0 Å². The van der Waals surface area contributed by atoms with E-state index < -0.39 is 0 Å². The van der Waals surface area contributed by atoms with Gasteiger partial charge >= 0.3 is 0 Å². The SMILES string of the molecule is CC(C)NCc1nc(N2CCN(C)C(C)C2)ccc1Cl. The quantitative estimate of drug-likeness (QED) is 0.924. The van der Waals surface area contributed by atoms with Crippen LogP contribution in [-0.4, -0.2) is 48.6 Å². The molecule has 0 bridgehead atoms. The summed E-state index contributed by atoms with van der Waals surface area (Å²) in [4.78, 5) is 9.47. The maximum atomic E-state index is 6.24. The monoisotopic (exact) mass is 296 g/mol. The molecule has 1 N–H and O–H groups in total. The van der Waals surface area contributed by atoms with Gasteiger partial charge in [-0.3, -0.25) is 0 Å². The summed E-state index contributed by atoms with van der Waals surface area (Å²) in [5, 5.41) is 4.11. The molecule has 0 spiro atoms. The molecule has 1 saturated heterocycles. The maximum absolute atomic E-state index is 6.24. The van der Waals surface area contributed by atoms with E-state index >= 15 is 0 Å². The molecule has 1 fully saturated rings. The number of aromatic nitrogens is 1. The zero-order valence-corrected chi connectivity index (χ0v) is 13.6. The summed E-state index contributed by atoms with van der Waals surface area (Å²) in [5.74, 6) is 1.04. The second kappa shape index (κ2) is 6.74. The Morgan fingerprint density at radius 3 is 2.80 bits per heavy atom. The minimum absolute atomic E-state index is 0.431. The number of hydrogen-bond acceptors (Lipinski definition) is 4. The van der Waals surface area contributed by atoms with Crippen molar-refractivity contribution in [3.8, 4) is 0 Å². The van der Waals surface area contributed by atoms with Gasteiger partial charge in [0.15, 0.2) is 0 Å². The third-order valence-electron chi connectivity index (χ3n) is 3.87. The fourth-order valence-corrected chi connectivity index (χ4v) is 2.50. The van der Waals surface area contributed by atoms with E-state index in [1.54, 1.807) is 0 Å². The van der Waals surface area contributed by atoms with Crippen LogP contribution in [0.3, 0.4) is 0 Å². The third-order valence-corrected chi connectivity index (χ3v) is 4.21.